The number of nitrogens with one attached hydrogen (secondary N) is 1. The van der Waals surface area contributed by atoms with Gasteiger partial charge in [0.05, 0.1) is 0 Å². The summed E-state index contributed by atoms with van der Waals surface area (Å²) in [5.74, 6) is 0.680. The molecule has 34 heavy (non-hydrogen) atoms. The summed E-state index contributed by atoms with van der Waals surface area (Å²) in [5.41, 5.74) is 16.8. The Labute approximate surface area is 208 Å². The molecule has 0 saturated carbocycles. The van der Waals surface area contributed by atoms with Crippen LogP contribution in [0.3, 0.4) is 0 Å². The standard InChI is InChI=1S/C33H45N/c1-19-12-11-13-24-22(4)30(21(3)20(2)29(19)24)34-28-17-23-16-26-27(18-25(23)33(28,9)10)32(7,8)15-14-31(26,5)6/h16-19,34H,11-15H2,1-10H3. The quantitative estimate of drug-likeness (QED) is 0.476. The van der Waals surface area contributed by atoms with Crippen molar-refractivity contribution >= 4 is 11.8 Å². The molecule has 2 aromatic carbocycles. The first-order chi connectivity index (χ1) is 15.8. The number of benzene rings is 2. The van der Waals surface area contributed by atoms with Crippen LogP contribution in [0.25, 0.3) is 6.08 Å². The van der Waals surface area contributed by atoms with Crippen molar-refractivity contribution in [2.75, 3.05) is 5.32 Å². The fourth-order valence-electron chi connectivity index (χ4n) is 7.26. The van der Waals surface area contributed by atoms with Crippen molar-refractivity contribution < 1.29 is 0 Å². The normalized spacial score (nSPS) is 23.6. The molecule has 1 nitrogen and oxygen atoms in total. The number of hydrogen-bond acceptors (Lipinski definition) is 1. The largest absolute Gasteiger partial charge is 0.358 e. The lowest BCUT2D eigenvalue weighted by Gasteiger charge is -2.42. The lowest BCUT2D eigenvalue weighted by Crippen LogP contribution is -2.34. The second-order valence-corrected chi connectivity index (χ2v) is 13.5. The average Bonchev–Trinajstić information content (AvgIpc) is 3.01. The van der Waals surface area contributed by atoms with Gasteiger partial charge in [0.2, 0.25) is 0 Å². The van der Waals surface area contributed by atoms with Gasteiger partial charge >= 0.3 is 0 Å². The fourth-order valence-corrected chi connectivity index (χ4v) is 7.26. The van der Waals surface area contributed by atoms with E-state index in [0.29, 0.717) is 5.92 Å². The summed E-state index contributed by atoms with van der Waals surface area (Å²) in [6.07, 6.45) is 8.83. The number of anilines is 1. The third-order valence-corrected chi connectivity index (χ3v) is 9.98. The first kappa shape index (κ1) is 23.7. The lowest BCUT2D eigenvalue weighted by molar-refractivity contribution is 0.331. The van der Waals surface area contributed by atoms with E-state index in [1.807, 2.05) is 0 Å². The van der Waals surface area contributed by atoms with Crippen LogP contribution in [0.1, 0.15) is 130 Å². The molecule has 0 spiro atoms. The van der Waals surface area contributed by atoms with Gasteiger partial charge in [0.1, 0.15) is 0 Å². The molecule has 0 saturated heterocycles. The second-order valence-electron chi connectivity index (χ2n) is 13.5. The van der Waals surface area contributed by atoms with Crippen molar-refractivity contribution in [1.29, 1.82) is 0 Å². The van der Waals surface area contributed by atoms with Crippen LogP contribution >= 0.6 is 0 Å². The van der Waals surface area contributed by atoms with Crippen LogP contribution in [0.4, 0.5) is 5.69 Å². The summed E-state index contributed by atoms with van der Waals surface area (Å²) in [7, 11) is 0. The zero-order valence-electron chi connectivity index (χ0n) is 23.3. The summed E-state index contributed by atoms with van der Waals surface area (Å²) >= 11 is 0. The van der Waals surface area contributed by atoms with E-state index in [0.717, 1.165) is 0 Å². The summed E-state index contributed by atoms with van der Waals surface area (Å²) in [6.45, 7) is 24.0. The highest BCUT2D eigenvalue weighted by Crippen LogP contribution is 2.51. The van der Waals surface area contributed by atoms with Crippen LogP contribution < -0.4 is 5.32 Å². The summed E-state index contributed by atoms with van der Waals surface area (Å²) in [5, 5.41) is 4.01. The predicted octanol–water partition coefficient (Wildman–Crippen LogP) is 9.14. The fraction of sp³-hybridized carbons (Fsp3) is 0.576. The molecular formula is C33H45N. The van der Waals surface area contributed by atoms with Crippen LogP contribution in [-0.2, 0) is 22.7 Å². The van der Waals surface area contributed by atoms with Crippen molar-refractivity contribution in [3.63, 3.8) is 0 Å². The molecule has 0 aromatic heterocycles. The van der Waals surface area contributed by atoms with E-state index < -0.39 is 0 Å². The molecule has 0 radical (unpaired) electrons. The molecule has 0 amide bonds. The maximum Gasteiger partial charge on any atom is 0.0447 e. The maximum atomic E-state index is 4.01. The van der Waals surface area contributed by atoms with E-state index in [2.05, 4.69) is 92.8 Å². The summed E-state index contributed by atoms with van der Waals surface area (Å²) in [6, 6.07) is 5.10. The van der Waals surface area contributed by atoms with Crippen molar-refractivity contribution in [3.05, 3.63) is 67.9 Å². The predicted molar refractivity (Wildman–Crippen MR) is 148 cm³/mol. The van der Waals surface area contributed by atoms with Crippen molar-refractivity contribution in [3.8, 4) is 0 Å². The molecule has 1 heteroatoms. The lowest BCUT2D eigenvalue weighted by atomic mass is 9.62. The van der Waals surface area contributed by atoms with Gasteiger partial charge in [0, 0.05) is 16.8 Å². The highest BCUT2D eigenvalue weighted by molar-refractivity contribution is 5.77. The van der Waals surface area contributed by atoms with E-state index in [9.17, 15) is 0 Å². The highest BCUT2D eigenvalue weighted by atomic mass is 14.9. The molecule has 0 aliphatic heterocycles. The van der Waals surface area contributed by atoms with Gasteiger partial charge in [0.15, 0.2) is 0 Å². The number of hydrogen-bond donors (Lipinski definition) is 1. The number of allylic oxidation sites excluding steroid dienone is 1. The van der Waals surface area contributed by atoms with Gasteiger partial charge in [-0.15, -0.1) is 0 Å². The first-order valence-corrected chi connectivity index (χ1v) is 13.6. The Morgan fingerprint density at radius 1 is 0.794 bits per heavy atom. The number of fused-ring (bicyclic) bond motifs is 3. The molecule has 3 aliphatic carbocycles. The second kappa shape index (κ2) is 7.49. The minimum atomic E-state index is -0.0297. The van der Waals surface area contributed by atoms with Gasteiger partial charge in [-0.05, 0) is 126 Å². The Morgan fingerprint density at radius 3 is 2.06 bits per heavy atom. The monoisotopic (exact) mass is 455 g/mol. The Kier molecular flexibility index (Phi) is 5.22. The van der Waals surface area contributed by atoms with Crippen molar-refractivity contribution in [2.24, 2.45) is 0 Å². The van der Waals surface area contributed by atoms with Crippen molar-refractivity contribution in [2.45, 2.75) is 124 Å². The first-order valence-electron chi connectivity index (χ1n) is 13.6. The molecule has 1 N–H and O–H groups in total. The van der Waals surface area contributed by atoms with Gasteiger partial charge in [-0.1, -0.05) is 60.6 Å². The molecule has 0 fully saturated rings. The van der Waals surface area contributed by atoms with E-state index >= 15 is 0 Å². The zero-order chi connectivity index (χ0) is 24.8. The molecule has 1 unspecified atom stereocenters. The van der Waals surface area contributed by atoms with Crippen molar-refractivity contribution in [1.82, 2.24) is 0 Å². The van der Waals surface area contributed by atoms with E-state index in [-0.39, 0.29) is 16.2 Å². The molecule has 182 valence electrons. The Morgan fingerprint density at radius 2 is 1.41 bits per heavy atom. The van der Waals surface area contributed by atoms with Gasteiger partial charge in [0.25, 0.3) is 0 Å². The van der Waals surface area contributed by atoms with Gasteiger partial charge < -0.3 is 5.32 Å². The van der Waals surface area contributed by atoms with Crippen LogP contribution in [0.5, 0.6) is 0 Å². The Hall–Kier alpha value is -2.02. The smallest absolute Gasteiger partial charge is 0.0447 e. The third-order valence-electron chi connectivity index (χ3n) is 9.98. The summed E-state index contributed by atoms with van der Waals surface area (Å²) in [4.78, 5) is 0. The Balaban J connectivity index is 1.61. The molecule has 1 atom stereocenters. The van der Waals surface area contributed by atoms with Gasteiger partial charge in [-0.3, -0.25) is 0 Å². The molecule has 0 heterocycles. The van der Waals surface area contributed by atoms with E-state index in [4.69, 9.17) is 0 Å². The minimum absolute atomic E-state index is 0.0297. The third kappa shape index (κ3) is 3.33. The molecule has 0 bridgehead atoms. The van der Waals surface area contributed by atoms with E-state index in [1.54, 1.807) is 22.3 Å². The molecule has 3 aliphatic rings. The SMILES string of the molecule is Cc1c(C)c2c(c(C)c1NC1=Cc3cc4c(cc3C1(C)C)C(C)(C)CCC4(C)C)CCCC2C. The van der Waals surface area contributed by atoms with Crippen LogP contribution in [0.15, 0.2) is 17.8 Å². The average molecular weight is 456 g/mol. The molecule has 5 rings (SSSR count). The molecule has 2 aromatic rings. The van der Waals surface area contributed by atoms with Crippen LogP contribution in [0.2, 0.25) is 0 Å². The molecular weight excluding hydrogens is 410 g/mol. The topological polar surface area (TPSA) is 12.0 Å². The van der Waals surface area contributed by atoms with Gasteiger partial charge in [-0.2, -0.15) is 0 Å². The van der Waals surface area contributed by atoms with Crippen LogP contribution in [0, 0.1) is 20.8 Å². The van der Waals surface area contributed by atoms with Crippen LogP contribution in [-0.4, -0.2) is 0 Å². The highest BCUT2D eigenvalue weighted by Gasteiger charge is 2.41. The summed E-state index contributed by atoms with van der Waals surface area (Å²) < 4.78 is 0. The number of rotatable bonds is 2. The van der Waals surface area contributed by atoms with E-state index in [1.165, 1.54) is 71.3 Å². The van der Waals surface area contributed by atoms with Gasteiger partial charge in [-0.25, -0.2) is 0 Å². The maximum absolute atomic E-state index is 4.01. The zero-order valence-corrected chi connectivity index (χ0v) is 23.3. The Bertz CT molecular complexity index is 1220. The minimum Gasteiger partial charge on any atom is -0.358 e.